The van der Waals surface area contributed by atoms with Crippen LogP contribution in [0.2, 0.25) is 5.15 Å². The molecule has 120 valence electrons. The quantitative estimate of drug-likeness (QED) is 0.574. The molecule has 0 unspecified atom stereocenters. The van der Waals surface area contributed by atoms with Crippen LogP contribution in [0.1, 0.15) is 6.92 Å². The van der Waals surface area contributed by atoms with Crippen LogP contribution in [-0.2, 0) is 6.54 Å². The van der Waals surface area contributed by atoms with Gasteiger partial charge in [0, 0.05) is 30.1 Å². The van der Waals surface area contributed by atoms with E-state index in [-0.39, 0.29) is 5.95 Å². The fourth-order valence-corrected chi connectivity index (χ4v) is 2.95. The normalized spacial score (nSPS) is 11.2. The predicted molar refractivity (Wildman–Crippen MR) is 90.8 cm³/mol. The summed E-state index contributed by atoms with van der Waals surface area (Å²) in [6.07, 6.45) is 6.50. The third kappa shape index (κ3) is 2.11. The van der Waals surface area contributed by atoms with Crippen molar-refractivity contribution in [3.05, 3.63) is 42.2 Å². The van der Waals surface area contributed by atoms with Gasteiger partial charge in [-0.15, -0.1) is 0 Å². The molecule has 8 nitrogen and oxygen atoms in total. The number of halogens is 1. The number of nitrogens with two attached hydrogens (primary N) is 1. The molecule has 0 saturated heterocycles. The van der Waals surface area contributed by atoms with E-state index in [9.17, 15) is 0 Å². The number of imidazole rings is 1. The van der Waals surface area contributed by atoms with Crippen molar-refractivity contribution in [3.8, 4) is 17.1 Å². The van der Waals surface area contributed by atoms with Crippen molar-refractivity contribution < 1.29 is 0 Å². The molecule has 4 rings (SSSR count). The molecule has 0 radical (unpaired) electrons. The number of fused-ring (bicyclic) bond motifs is 1. The smallest absolute Gasteiger partial charge is 0.235 e. The molecule has 2 N–H and O–H groups in total. The molecule has 0 aliphatic carbocycles. The van der Waals surface area contributed by atoms with Crippen LogP contribution in [0.3, 0.4) is 0 Å². The van der Waals surface area contributed by atoms with Gasteiger partial charge in [-0.3, -0.25) is 4.98 Å². The minimum absolute atomic E-state index is 0.272. The summed E-state index contributed by atoms with van der Waals surface area (Å²) in [4.78, 5) is 17.0. The third-order valence-corrected chi connectivity index (χ3v) is 4.06. The second-order valence-corrected chi connectivity index (χ2v) is 5.44. The number of nitrogens with zero attached hydrogens (tertiary/aromatic N) is 7. The molecule has 0 fully saturated rings. The lowest BCUT2D eigenvalue weighted by molar-refractivity contribution is 0.706. The molecule has 9 heteroatoms. The SMILES string of the molecule is CCn1c(-n2ncnc2N)nc2cncc(-c3cccnc3Cl)c21. The highest BCUT2D eigenvalue weighted by Crippen LogP contribution is 2.32. The van der Waals surface area contributed by atoms with Gasteiger partial charge in [-0.25, -0.2) is 9.97 Å². The minimum atomic E-state index is 0.272. The Kier molecular flexibility index (Phi) is 3.39. The number of aromatic nitrogens is 7. The summed E-state index contributed by atoms with van der Waals surface area (Å²) in [5.74, 6) is 0.852. The maximum Gasteiger partial charge on any atom is 0.235 e. The number of rotatable bonds is 3. The average molecular weight is 341 g/mol. The summed E-state index contributed by atoms with van der Waals surface area (Å²) < 4.78 is 3.50. The zero-order valence-corrected chi connectivity index (χ0v) is 13.5. The molecule has 24 heavy (non-hydrogen) atoms. The van der Waals surface area contributed by atoms with E-state index in [1.807, 2.05) is 23.6 Å². The first kappa shape index (κ1) is 14.6. The lowest BCUT2D eigenvalue weighted by Crippen LogP contribution is -2.10. The van der Waals surface area contributed by atoms with E-state index in [0.29, 0.717) is 17.6 Å². The zero-order chi connectivity index (χ0) is 16.7. The molecule has 0 spiro atoms. The van der Waals surface area contributed by atoms with E-state index in [2.05, 4.69) is 25.0 Å². The van der Waals surface area contributed by atoms with Gasteiger partial charge in [0.25, 0.3) is 0 Å². The molecular weight excluding hydrogens is 328 g/mol. The van der Waals surface area contributed by atoms with Gasteiger partial charge in [-0.1, -0.05) is 11.6 Å². The van der Waals surface area contributed by atoms with E-state index in [0.717, 1.165) is 22.2 Å². The van der Waals surface area contributed by atoms with Gasteiger partial charge in [0.1, 0.15) is 17.0 Å². The number of aryl methyl sites for hydroxylation is 1. The Balaban J connectivity index is 2.06. The zero-order valence-electron chi connectivity index (χ0n) is 12.8. The Labute approximate surface area is 142 Å². The largest absolute Gasteiger partial charge is 0.368 e. The molecule has 0 aromatic carbocycles. The molecule has 4 aromatic rings. The Morgan fingerprint density at radius 2 is 2.08 bits per heavy atom. The van der Waals surface area contributed by atoms with Crippen molar-refractivity contribution in [2.24, 2.45) is 0 Å². The average Bonchev–Trinajstić information content (AvgIpc) is 3.17. The first-order valence-electron chi connectivity index (χ1n) is 7.31. The van der Waals surface area contributed by atoms with E-state index in [1.165, 1.54) is 11.0 Å². The van der Waals surface area contributed by atoms with Crippen molar-refractivity contribution in [3.63, 3.8) is 0 Å². The third-order valence-electron chi connectivity index (χ3n) is 3.76. The lowest BCUT2D eigenvalue weighted by Gasteiger charge is -2.10. The van der Waals surface area contributed by atoms with Crippen LogP contribution in [0, 0.1) is 0 Å². The van der Waals surface area contributed by atoms with E-state index in [1.54, 1.807) is 18.6 Å². The summed E-state index contributed by atoms with van der Waals surface area (Å²) in [6.45, 7) is 2.69. The number of pyridine rings is 2. The predicted octanol–water partition coefficient (Wildman–Crippen LogP) is 2.33. The highest BCUT2D eigenvalue weighted by atomic mass is 35.5. The molecular formula is C15H13ClN8. The Bertz CT molecular complexity index is 1040. The van der Waals surface area contributed by atoms with Crippen molar-refractivity contribution in [2.75, 3.05) is 5.73 Å². The Morgan fingerprint density at radius 1 is 1.21 bits per heavy atom. The van der Waals surface area contributed by atoms with Crippen molar-refractivity contribution in [1.82, 2.24) is 34.3 Å². The first-order valence-corrected chi connectivity index (χ1v) is 7.69. The van der Waals surface area contributed by atoms with Gasteiger partial charge in [0.15, 0.2) is 0 Å². The van der Waals surface area contributed by atoms with Gasteiger partial charge in [-0.05, 0) is 19.1 Å². The maximum atomic E-state index is 6.27. The van der Waals surface area contributed by atoms with Crippen LogP contribution in [0.25, 0.3) is 28.1 Å². The molecule has 0 atom stereocenters. The monoisotopic (exact) mass is 340 g/mol. The summed E-state index contributed by atoms with van der Waals surface area (Å²) in [7, 11) is 0. The molecule has 0 amide bonds. The van der Waals surface area contributed by atoms with Crippen LogP contribution < -0.4 is 5.73 Å². The first-order chi connectivity index (χ1) is 11.7. The van der Waals surface area contributed by atoms with Crippen molar-refractivity contribution in [2.45, 2.75) is 13.5 Å². The second kappa shape index (κ2) is 5.57. The van der Waals surface area contributed by atoms with E-state index in [4.69, 9.17) is 17.3 Å². The molecule has 0 saturated carbocycles. The summed E-state index contributed by atoms with van der Waals surface area (Å²) in [5.41, 5.74) is 9.15. The summed E-state index contributed by atoms with van der Waals surface area (Å²) >= 11 is 6.27. The van der Waals surface area contributed by atoms with Gasteiger partial charge >= 0.3 is 0 Å². The van der Waals surface area contributed by atoms with E-state index >= 15 is 0 Å². The minimum Gasteiger partial charge on any atom is -0.368 e. The fourth-order valence-electron chi connectivity index (χ4n) is 2.73. The van der Waals surface area contributed by atoms with Gasteiger partial charge < -0.3 is 10.3 Å². The maximum absolute atomic E-state index is 6.27. The summed E-state index contributed by atoms with van der Waals surface area (Å²) in [5, 5.41) is 4.56. The molecule has 0 bridgehead atoms. The van der Waals surface area contributed by atoms with Crippen LogP contribution in [-0.4, -0.2) is 34.3 Å². The van der Waals surface area contributed by atoms with Gasteiger partial charge in [0.05, 0.1) is 11.7 Å². The topological polar surface area (TPSA) is 100 Å². The molecule has 4 heterocycles. The van der Waals surface area contributed by atoms with Crippen LogP contribution in [0.5, 0.6) is 0 Å². The lowest BCUT2D eigenvalue weighted by atomic mass is 10.1. The second-order valence-electron chi connectivity index (χ2n) is 5.08. The van der Waals surface area contributed by atoms with Crippen molar-refractivity contribution >= 4 is 28.6 Å². The summed E-state index contributed by atoms with van der Waals surface area (Å²) in [6, 6.07) is 3.74. The number of hydrogen-bond donors (Lipinski definition) is 1. The Morgan fingerprint density at radius 3 is 2.79 bits per heavy atom. The molecule has 0 aliphatic rings. The van der Waals surface area contributed by atoms with Crippen LogP contribution in [0.4, 0.5) is 5.95 Å². The number of nitrogen functional groups attached to an aromatic ring is 1. The van der Waals surface area contributed by atoms with Gasteiger partial charge in [0.2, 0.25) is 11.9 Å². The highest BCUT2D eigenvalue weighted by Gasteiger charge is 2.19. The Hall–Kier alpha value is -3.00. The fraction of sp³-hybridized carbons (Fsp3) is 0.133. The van der Waals surface area contributed by atoms with Crippen molar-refractivity contribution in [1.29, 1.82) is 0 Å². The standard InChI is InChI=1S/C15H13ClN8/c1-2-23-12-10(9-4-3-5-19-13(9)16)6-18-7-11(12)22-15(23)24-14(17)20-8-21-24/h3-8H,2H2,1H3,(H2,17,20,21). The number of anilines is 1. The van der Waals surface area contributed by atoms with Gasteiger partial charge in [-0.2, -0.15) is 14.8 Å². The number of hydrogen-bond acceptors (Lipinski definition) is 6. The highest BCUT2D eigenvalue weighted by molar-refractivity contribution is 6.32. The molecule has 0 aliphatic heterocycles. The molecule has 4 aromatic heterocycles. The van der Waals surface area contributed by atoms with Crippen LogP contribution >= 0.6 is 11.6 Å². The van der Waals surface area contributed by atoms with E-state index < -0.39 is 0 Å². The van der Waals surface area contributed by atoms with Crippen LogP contribution in [0.15, 0.2) is 37.1 Å².